The molecule has 0 aliphatic carbocycles. The zero-order valence-electron chi connectivity index (χ0n) is 35.1. The summed E-state index contributed by atoms with van der Waals surface area (Å²) in [4.78, 5) is 35.9. The lowest BCUT2D eigenvalue weighted by atomic mass is 9.86. The molecule has 14 heteroatoms. The maximum Gasteiger partial charge on any atom is 0.305 e. The van der Waals surface area contributed by atoms with Crippen LogP contribution in [0.15, 0.2) is 73.1 Å². The molecule has 5 rings (SSSR count). The maximum absolute atomic E-state index is 13.5. The molecule has 0 radical (unpaired) electrons. The number of nitrogens with zero attached hydrogens (tertiary/aromatic N) is 4. The highest BCUT2D eigenvalue weighted by molar-refractivity contribution is 5.95. The fourth-order valence-electron chi connectivity index (χ4n) is 6.90. The molecule has 2 aromatic heterocycles. The van der Waals surface area contributed by atoms with E-state index in [1.54, 1.807) is 12.4 Å². The Morgan fingerprint density at radius 1 is 0.814 bits per heavy atom. The van der Waals surface area contributed by atoms with Crippen LogP contribution in [0, 0.1) is 0 Å². The lowest BCUT2D eigenvalue weighted by Gasteiger charge is -2.40. The summed E-state index contributed by atoms with van der Waals surface area (Å²) >= 11 is 0. The van der Waals surface area contributed by atoms with E-state index in [9.17, 15) is 9.59 Å². The summed E-state index contributed by atoms with van der Waals surface area (Å²) in [6, 6.07) is 19.2. The monoisotopic (exact) mass is 813 g/mol. The van der Waals surface area contributed by atoms with Crippen molar-refractivity contribution in [3.8, 4) is 17.1 Å². The van der Waals surface area contributed by atoms with Crippen molar-refractivity contribution in [3.63, 3.8) is 0 Å². The minimum absolute atomic E-state index is 0.142. The Balaban J connectivity index is 0.941. The van der Waals surface area contributed by atoms with Crippen LogP contribution in [0.2, 0.25) is 0 Å². The minimum Gasteiger partial charge on any atom is -0.494 e. The fraction of sp³-hybridized carbons (Fsp3) is 0.533. The number of unbranched alkanes of at least 4 members (excludes halogenated alkanes) is 5. The molecular formula is C45H63N7O7. The SMILES string of the molecule is COC(=O)CCCCCOCCOCCOCCCCCCOc1ccc(C(C)NC(=O)c2cccc(NC3(c4nc(-c5ccncc5)n[nH]4)CCN(C)CC3)c2)cc1. The third-order valence-corrected chi connectivity index (χ3v) is 10.5. The second kappa shape index (κ2) is 24.9. The molecule has 4 aromatic rings. The summed E-state index contributed by atoms with van der Waals surface area (Å²) < 4.78 is 27.4. The molecule has 1 saturated heterocycles. The third kappa shape index (κ3) is 15.3. The number of H-pyrrole nitrogens is 1. The van der Waals surface area contributed by atoms with E-state index in [4.69, 9.17) is 23.9 Å². The zero-order chi connectivity index (χ0) is 41.5. The van der Waals surface area contributed by atoms with E-state index in [2.05, 4.69) is 42.5 Å². The van der Waals surface area contributed by atoms with E-state index in [1.165, 1.54) is 7.11 Å². The number of carbonyl (C=O) groups excluding carboxylic acids is 2. The van der Waals surface area contributed by atoms with Crippen molar-refractivity contribution >= 4 is 17.6 Å². The number of rotatable bonds is 27. The number of likely N-dealkylation sites (tertiary alicyclic amines) is 1. The molecular weight excluding hydrogens is 751 g/mol. The number of methoxy groups -OCH3 is 1. The molecule has 1 aliphatic rings. The molecule has 320 valence electrons. The van der Waals surface area contributed by atoms with Crippen LogP contribution in [-0.2, 0) is 29.3 Å². The molecule has 1 unspecified atom stereocenters. The Morgan fingerprint density at radius 3 is 2.14 bits per heavy atom. The first-order valence-corrected chi connectivity index (χ1v) is 21.1. The van der Waals surface area contributed by atoms with E-state index >= 15 is 0 Å². The normalized spacial score (nSPS) is 14.4. The largest absolute Gasteiger partial charge is 0.494 e. The van der Waals surface area contributed by atoms with Crippen molar-refractivity contribution in [2.75, 3.05) is 78.8 Å². The van der Waals surface area contributed by atoms with E-state index in [0.717, 1.165) is 106 Å². The Labute approximate surface area is 349 Å². The number of aromatic amines is 1. The van der Waals surface area contributed by atoms with Gasteiger partial charge in [0.1, 0.15) is 5.75 Å². The molecule has 2 aromatic carbocycles. The number of amides is 1. The highest BCUT2D eigenvalue weighted by Gasteiger charge is 2.39. The van der Waals surface area contributed by atoms with Gasteiger partial charge >= 0.3 is 5.97 Å². The molecule has 0 spiro atoms. The van der Waals surface area contributed by atoms with Gasteiger partial charge in [0.25, 0.3) is 5.91 Å². The van der Waals surface area contributed by atoms with Gasteiger partial charge in [-0.2, -0.15) is 5.10 Å². The second-order valence-corrected chi connectivity index (χ2v) is 15.1. The Morgan fingerprint density at radius 2 is 1.46 bits per heavy atom. The highest BCUT2D eigenvalue weighted by atomic mass is 16.5. The summed E-state index contributed by atoms with van der Waals surface area (Å²) in [6.07, 6.45) is 12.5. The van der Waals surface area contributed by atoms with Gasteiger partial charge in [0.2, 0.25) is 0 Å². The minimum atomic E-state index is -0.461. The molecule has 14 nitrogen and oxygen atoms in total. The van der Waals surface area contributed by atoms with Crippen LogP contribution in [0.25, 0.3) is 11.4 Å². The predicted molar refractivity (Wildman–Crippen MR) is 227 cm³/mol. The summed E-state index contributed by atoms with van der Waals surface area (Å²) in [6.45, 7) is 8.11. The second-order valence-electron chi connectivity index (χ2n) is 15.1. The standard InChI is InChI=1S/C45H63N7O7/c1-35(36-15-17-40(18-16-36)59-29-10-5-4-8-27-56-30-32-58-33-31-57-28-9-6-7-14-41(53)55-3)47-43(54)38-12-11-13-39(34-38)49-45(21-25-52(2)26-22-45)44-48-42(50-51-44)37-19-23-46-24-20-37/h11-13,15-20,23-24,34-35,49H,4-10,14,21-22,25-33H2,1-3H3,(H,47,54)(H,48,50,51). The quantitative estimate of drug-likeness (QED) is 0.0414. The first kappa shape index (κ1) is 45.2. The number of anilines is 1. The number of hydrogen-bond donors (Lipinski definition) is 3. The fourth-order valence-corrected chi connectivity index (χ4v) is 6.90. The maximum atomic E-state index is 13.5. The van der Waals surface area contributed by atoms with Gasteiger partial charge in [-0.25, -0.2) is 4.98 Å². The average molecular weight is 814 g/mol. The molecule has 1 amide bonds. The number of hydrogen-bond acceptors (Lipinski definition) is 12. The van der Waals surface area contributed by atoms with Crippen LogP contribution in [0.5, 0.6) is 5.75 Å². The van der Waals surface area contributed by atoms with Crippen molar-refractivity contribution in [2.45, 2.75) is 82.7 Å². The van der Waals surface area contributed by atoms with E-state index in [0.29, 0.717) is 57.4 Å². The summed E-state index contributed by atoms with van der Waals surface area (Å²) in [5.74, 6) is 1.93. The topological polar surface area (TPSA) is 162 Å². The summed E-state index contributed by atoms with van der Waals surface area (Å²) in [5, 5.41) is 14.6. The van der Waals surface area contributed by atoms with Gasteiger partial charge in [-0.3, -0.25) is 19.7 Å². The Hall–Kier alpha value is -4.89. The number of benzene rings is 2. The molecule has 3 N–H and O–H groups in total. The third-order valence-electron chi connectivity index (χ3n) is 10.5. The highest BCUT2D eigenvalue weighted by Crippen LogP contribution is 2.35. The smallest absolute Gasteiger partial charge is 0.305 e. The van der Waals surface area contributed by atoms with Gasteiger partial charge in [-0.1, -0.05) is 31.0 Å². The van der Waals surface area contributed by atoms with Crippen LogP contribution < -0.4 is 15.4 Å². The first-order chi connectivity index (χ1) is 28.8. The molecule has 1 atom stereocenters. The van der Waals surface area contributed by atoms with Crippen LogP contribution in [0.4, 0.5) is 5.69 Å². The van der Waals surface area contributed by atoms with Crippen LogP contribution in [0.3, 0.4) is 0 Å². The van der Waals surface area contributed by atoms with Gasteiger partial charge < -0.3 is 39.2 Å². The van der Waals surface area contributed by atoms with Gasteiger partial charge in [-0.15, -0.1) is 0 Å². The van der Waals surface area contributed by atoms with Crippen molar-refractivity contribution in [1.29, 1.82) is 0 Å². The van der Waals surface area contributed by atoms with E-state index in [-0.39, 0.29) is 17.9 Å². The number of nitrogens with one attached hydrogen (secondary N) is 3. The van der Waals surface area contributed by atoms with Crippen LogP contribution in [0.1, 0.15) is 98.9 Å². The van der Waals surface area contributed by atoms with Crippen molar-refractivity contribution < 1.29 is 33.3 Å². The van der Waals surface area contributed by atoms with Crippen molar-refractivity contribution in [3.05, 3.63) is 90.0 Å². The molecule has 0 bridgehead atoms. The van der Waals surface area contributed by atoms with Gasteiger partial charge in [0.05, 0.1) is 51.7 Å². The zero-order valence-corrected chi connectivity index (χ0v) is 35.1. The van der Waals surface area contributed by atoms with E-state index in [1.807, 2.05) is 67.6 Å². The first-order valence-electron chi connectivity index (χ1n) is 21.1. The van der Waals surface area contributed by atoms with Crippen LogP contribution in [-0.4, -0.2) is 110 Å². The molecule has 0 saturated carbocycles. The Kier molecular flexibility index (Phi) is 19.1. The van der Waals surface area contributed by atoms with Gasteiger partial charge in [-0.05, 0) is 107 Å². The number of aromatic nitrogens is 4. The molecule has 1 fully saturated rings. The number of piperidine rings is 1. The Bertz CT molecular complexity index is 1800. The van der Waals surface area contributed by atoms with Gasteiger partial charge in [0.15, 0.2) is 11.6 Å². The average Bonchev–Trinajstić information content (AvgIpc) is 3.77. The number of ether oxygens (including phenoxy) is 5. The number of esters is 1. The summed E-state index contributed by atoms with van der Waals surface area (Å²) in [5.41, 5.74) is 2.87. The van der Waals surface area contributed by atoms with Gasteiger partial charge in [0, 0.05) is 61.9 Å². The molecule has 1 aliphatic heterocycles. The van der Waals surface area contributed by atoms with E-state index < -0.39 is 5.54 Å². The summed E-state index contributed by atoms with van der Waals surface area (Å²) in [7, 11) is 3.54. The van der Waals surface area contributed by atoms with Crippen molar-refractivity contribution in [2.24, 2.45) is 0 Å². The predicted octanol–water partition coefficient (Wildman–Crippen LogP) is 7.11. The number of carbonyl (C=O) groups is 2. The van der Waals surface area contributed by atoms with Crippen molar-refractivity contribution in [1.82, 2.24) is 30.4 Å². The van der Waals surface area contributed by atoms with Crippen LogP contribution >= 0.6 is 0 Å². The lowest BCUT2D eigenvalue weighted by Crippen LogP contribution is -2.46. The molecule has 59 heavy (non-hydrogen) atoms. The lowest BCUT2D eigenvalue weighted by molar-refractivity contribution is -0.140. The molecule has 3 heterocycles. The number of pyridine rings is 1.